The summed E-state index contributed by atoms with van der Waals surface area (Å²) in [5.74, 6) is 3.55. The molecule has 132 valence electrons. The summed E-state index contributed by atoms with van der Waals surface area (Å²) in [4.78, 5) is 24.0. The summed E-state index contributed by atoms with van der Waals surface area (Å²) >= 11 is 0. The normalized spacial score (nSPS) is 47.5. The van der Waals surface area contributed by atoms with Crippen molar-refractivity contribution in [2.45, 2.75) is 78.6 Å². The first-order valence-corrected chi connectivity index (χ1v) is 10.1. The molecule has 0 heterocycles. The summed E-state index contributed by atoms with van der Waals surface area (Å²) in [5.41, 5.74) is 1.96. The van der Waals surface area contributed by atoms with Crippen molar-refractivity contribution in [1.82, 2.24) is 0 Å². The molecule has 0 aromatic rings. The third-order valence-corrected chi connectivity index (χ3v) is 8.49. The number of Topliss-reactive ketones (excluding diaryl/α,β-unsaturated/α-hetero) is 2. The Balaban J connectivity index is 1.60. The van der Waals surface area contributed by atoms with Crippen molar-refractivity contribution in [3.63, 3.8) is 0 Å². The minimum Gasteiger partial charge on any atom is -0.300 e. The van der Waals surface area contributed by atoms with E-state index in [4.69, 9.17) is 0 Å². The number of allylic oxidation sites excluding steroid dienone is 2. The number of hydrogen-bond acceptors (Lipinski definition) is 2. The summed E-state index contributed by atoms with van der Waals surface area (Å²) in [6, 6.07) is 0. The van der Waals surface area contributed by atoms with E-state index in [-0.39, 0.29) is 5.41 Å². The van der Waals surface area contributed by atoms with Crippen LogP contribution in [0.1, 0.15) is 78.6 Å². The monoisotopic (exact) mass is 328 g/mol. The Bertz CT molecular complexity index is 603. The first-order chi connectivity index (χ1) is 11.3. The van der Waals surface area contributed by atoms with Gasteiger partial charge in [0.25, 0.3) is 0 Å². The van der Waals surface area contributed by atoms with E-state index in [1.165, 1.54) is 25.7 Å². The van der Waals surface area contributed by atoms with Crippen molar-refractivity contribution >= 4 is 11.6 Å². The number of hydrogen-bond donors (Lipinski definition) is 0. The van der Waals surface area contributed by atoms with Crippen LogP contribution in [-0.2, 0) is 9.59 Å². The average Bonchev–Trinajstić information content (AvgIpc) is 2.83. The van der Waals surface area contributed by atoms with Crippen LogP contribution in [0.5, 0.6) is 0 Å². The molecule has 6 atom stereocenters. The van der Waals surface area contributed by atoms with Crippen LogP contribution < -0.4 is 0 Å². The molecule has 0 bridgehead atoms. The molecule has 0 saturated heterocycles. The molecule has 2 heteroatoms. The molecule has 0 radical (unpaired) electrons. The Morgan fingerprint density at radius 1 is 1.12 bits per heavy atom. The molecule has 0 aliphatic heterocycles. The molecule has 4 aliphatic carbocycles. The topological polar surface area (TPSA) is 34.1 Å². The molecule has 2 nitrogen and oxygen atoms in total. The Morgan fingerprint density at radius 2 is 1.83 bits per heavy atom. The third-order valence-electron chi connectivity index (χ3n) is 8.49. The molecule has 4 aliphatic rings. The molecule has 0 aromatic carbocycles. The molecular formula is C22H32O2. The summed E-state index contributed by atoms with van der Waals surface area (Å²) in [6.07, 6.45) is 12.3. The third kappa shape index (κ3) is 2.28. The fourth-order valence-corrected chi connectivity index (χ4v) is 7.09. The lowest BCUT2D eigenvalue weighted by Crippen LogP contribution is -2.50. The van der Waals surface area contributed by atoms with Gasteiger partial charge in [-0.2, -0.15) is 0 Å². The van der Waals surface area contributed by atoms with Gasteiger partial charge in [-0.15, -0.1) is 0 Å². The van der Waals surface area contributed by atoms with Crippen molar-refractivity contribution < 1.29 is 9.59 Å². The molecule has 0 amide bonds. The van der Waals surface area contributed by atoms with E-state index in [0.29, 0.717) is 34.7 Å². The van der Waals surface area contributed by atoms with Gasteiger partial charge in [0.15, 0.2) is 0 Å². The minimum atomic E-state index is -0.0191. The van der Waals surface area contributed by atoms with Gasteiger partial charge in [-0.25, -0.2) is 0 Å². The highest BCUT2D eigenvalue weighted by molar-refractivity contribution is 5.87. The van der Waals surface area contributed by atoms with Gasteiger partial charge in [0.05, 0.1) is 0 Å². The van der Waals surface area contributed by atoms with E-state index in [2.05, 4.69) is 19.9 Å². The zero-order valence-electron chi connectivity index (χ0n) is 15.6. The van der Waals surface area contributed by atoms with Gasteiger partial charge in [-0.3, -0.25) is 4.79 Å². The average molecular weight is 328 g/mol. The number of fused-ring (bicyclic) bond motifs is 5. The van der Waals surface area contributed by atoms with E-state index in [1.54, 1.807) is 12.5 Å². The molecular weight excluding hydrogens is 296 g/mol. The molecule has 3 fully saturated rings. The smallest absolute Gasteiger partial charge is 0.139 e. The Kier molecular flexibility index (Phi) is 3.82. The van der Waals surface area contributed by atoms with Gasteiger partial charge >= 0.3 is 0 Å². The Hall–Kier alpha value is -0.920. The van der Waals surface area contributed by atoms with Crippen LogP contribution in [-0.4, -0.2) is 11.6 Å². The van der Waals surface area contributed by atoms with E-state index >= 15 is 0 Å². The van der Waals surface area contributed by atoms with Gasteiger partial charge in [0.2, 0.25) is 0 Å². The van der Waals surface area contributed by atoms with E-state index < -0.39 is 0 Å². The second-order valence-electron chi connectivity index (χ2n) is 9.69. The van der Waals surface area contributed by atoms with Crippen molar-refractivity contribution in [3.05, 3.63) is 11.6 Å². The van der Waals surface area contributed by atoms with Gasteiger partial charge in [-0.05, 0) is 81.0 Å². The first-order valence-electron chi connectivity index (χ1n) is 10.1. The van der Waals surface area contributed by atoms with Crippen LogP contribution in [0.2, 0.25) is 0 Å². The maximum absolute atomic E-state index is 12.5. The first kappa shape index (κ1) is 16.5. The summed E-state index contributed by atoms with van der Waals surface area (Å²) in [5, 5.41) is 0. The predicted molar refractivity (Wildman–Crippen MR) is 95.5 cm³/mol. The van der Waals surface area contributed by atoms with E-state index in [1.807, 2.05) is 0 Å². The molecule has 0 aromatic heterocycles. The quantitative estimate of drug-likeness (QED) is 0.660. The SMILES string of the molecule is CC(=O)C[C@H]1CC[C@@]2(C)C(=CC[C@@H]3[C@@H]2CC[C@]2(C)C(=O)CC[C@@H]32)C1. The van der Waals surface area contributed by atoms with Gasteiger partial charge in [0.1, 0.15) is 11.6 Å². The van der Waals surface area contributed by atoms with Crippen LogP contribution in [0, 0.1) is 34.5 Å². The maximum atomic E-state index is 12.5. The van der Waals surface area contributed by atoms with Crippen molar-refractivity contribution in [3.8, 4) is 0 Å². The van der Waals surface area contributed by atoms with Crippen LogP contribution in [0.3, 0.4) is 0 Å². The lowest BCUT2D eigenvalue weighted by atomic mass is 9.47. The van der Waals surface area contributed by atoms with Crippen LogP contribution in [0.25, 0.3) is 0 Å². The second kappa shape index (κ2) is 5.54. The highest BCUT2D eigenvalue weighted by Crippen LogP contribution is 2.64. The predicted octanol–water partition coefficient (Wildman–Crippen LogP) is 5.11. The highest BCUT2D eigenvalue weighted by atomic mass is 16.1. The van der Waals surface area contributed by atoms with Gasteiger partial charge in [-0.1, -0.05) is 25.5 Å². The maximum Gasteiger partial charge on any atom is 0.139 e. The van der Waals surface area contributed by atoms with Crippen LogP contribution in [0.4, 0.5) is 0 Å². The van der Waals surface area contributed by atoms with Crippen molar-refractivity contribution in [1.29, 1.82) is 0 Å². The van der Waals surface area contributed by atoms with E-state index in [0.717, 1.165) is 38.0 Å². The molecule has 3 saturated carbocycles. The zero-order chi connectivity index (χ0) is 17.1. The number of carbonyl (C=O) groups excluding carboxylic acids is 2. The summed E-state index contributed by atoms with van der Waals surface area (Å²) < 4.78 is 0. The number of ketones is 2. The highest BCUT2D eigenvalue weighted by Gasteiger charge is 2.58. The van der Waals surface area contributed by atoms with Gasteiger partial charge < -0.3 is 4.79 Å². The van der Waals surface area contributed by atoms with Crippen LogP contribution in [0.15, 0.2) is 11.6 Å². The molecule has 0 N–H and O–H groups in total. The molecule has 4 rings (SSSR count). The molecule has 0 unspecified atom stereocenters. The standard InChI is InChI=1S/C22H32O2/c1-14(23)12-15-8-10-21(2)16(13-15)4-5-17-18-6-7-20(24)22(18,3)11-9-19(17)21/h4,15,17-19H,5-13H2,1-3H3/t15-,17+,18+,19+,21+,22+/m1/s1. The molecule has 0 spiro atoms. The molecule has 24 heavy (non-hydrogen) atoms. The Labute approximate surface area is 146 Å². The van der Waals surface area contributed by atoms with Crippen molar-refractivity contribution in [2.75, 3.05) is 0 Å². The minimum absolute atomic E-state index is 0.0191. The summed E-state index contributed by atoms with van der Waals surface area (Å²) in [7, 11) is 0. The second-order valence-corrected chi connectivity index (χ2v) is 9.69. The number of carbonyl (C=O) groups is 2. The lowest BCUT2D eigenvalue weighted by Gasteiger charge is -2.57. The van der Waals surface area contributed by atoms with Gasteiger partial charge in [0, 0.05) is 18.3 Å². The fraction of sp³-hybridized carbons (Fsp3) is 0.818. The zero-order valence-corrected chi connectivity index (χ0v) is 15.6. The van der Waals surface area contributed by atoms with Crippen LogP contribution >= 0.6 is 0 Å². The summed E-state index contributed by atoms with van der Waals surface area (Å²) in [6.45, 7) is 6.49. The van der Waals surface area contributed by atoms with Crippen molar-refractivity contribution in [2.24, 2.45) is 34.5 Å². The fourth-order valence-electron chi connectivity index (χ4n) is 7.09. The number of rotatable bonds is 2. The Morgan fingerprint density at radius 3 is 2.58 bits per heavy atom. The van der Waals surface area contributed by atoms with E-state index in [9.17, 15) is 9.59 Å². The lowest BCUT2D eigenvalue weighted by molar-refractivity contribution is -0.131. The largest absolute Gasteiger partial charge is 0.300 e.